The molecule has 5 heteroatoms. The van der Waals surface area contributed by atoms with Crippen LogP contribution in [0.15, 0.2) is 0 Å². The summed E-state index contributed by atoms with van der Waals surface area (Å²) in [5.41, 5.74) is -0.422. The number of nitrogens with zero attached hydrogens (tertiary/aromatic N) is 1. The van der Waals surface area contributed by atoms with Crippen molar-refractivity contribution in [1.29, 1.82) is 0 Å². The first-order chi connectivity index (χ1) is 10.7. The smallest absolute Gasteiger partial charge is 0.410 e. The summed E-state index contributed by atoms with van der Waals surface area (Å²) in [5, 5.41) is 7.33. The second kappa shape index (κ2) is 7.84. The van der Waals surface area contributed by atoms with Crippen LogP contribution in [0.5, 0.6) is 0 Å². The van der Waals surface area contributed by atoms with Gasteiger partial charge >= 0.3 is 6.09 Å². The molecule has 0 radical (unpaired) electrons. The van der Waals surface area contributed by atoms with E-state index < -0.39 is 5.60 Å². The van der Waals surface area contributed by atoms with Crippen LogP contribution in [0.2, 0.25) is 0 Å². The molecule has 2 N–H and O–H groups in total. The molecule has 2 saturated heterocycles. The first-order valence-corrected chi connectivity index (χ1v) is 9.23. The number of carbonyl (C=O) groups is 1. The number of piperidine rings is 1. The van der Waals surface area contributed by atoms with Gasteiger partial charge in [0.05, 0.1) is 0 Å². The lowest BCUT2D eigenvalue weighted by molar-refractivity contribution is 0.00901. The van der Waals surface area contributed by atoms with Crippen molar-refractivity contribution in [1.82, 2.24) is 15.5 Å². The Labute approximate surface area is 141 Å². The molecule has 2 heterocycles. The van der Waals surface area contributed by atoms with Gasteiger partial charge in [-0.05, 0) is 73.3 Å². The predicted molar refractivity (Wildman–Crippen MR) is 93.7 cm³/mol. The van der Waals surface area contributed by atoms with Gasteiger partial charge in [0.1, 0.15) is 5.60 Å². The maximum absolute atomic E-state index is 12.3. The van der Waals surface area contributed by atoms with E-state index in [1.165, 1.54) is 25.8 Å². The summed E-state index contributed by atoms with van der Waals surface area (Å²) in [6, 6.07) is 1.93. The fourth-order valence-corrected chi connectivity index (χ4v) is 3.77. The van der Waals surface area contributed by atoms with Crippen LogP contribution in [0, 0.1) is 0 Å². The number of carbonyl (C=O) groups excluding carboxylic acids is 1. The quantitative estimate of drug-likeness (QED) is 0.834. The number of amides is 1. The third-order valence-corrected chi connectivity index (χ3v) is 4.82. The van der Waals surface area contributed by atoms with Crippen LogP contribution < -0.4 is 10.6 Å². The monoisotopic (exact) mass is 325 g/mol. The molecule has 0 aromatic heterocycles. The molecule has 4 unspecified atom stereocenters. The predicted octanol–water partition coefficient (Wildman–Crippen LogP) is 2.89. The number of hydrogen-bond donors (Lipinski definition) is 2. The highest BCUT2D eigenvalue weighted by atomic mass is 16.6. The number of hydrogen-bond acceptors (Lipinski definition) is 4. The Hall–Kier alpha value is -0.810. The molecule has 0 aromatic carbocycles. The van der Waals surface area contributed by atoms with Crippen LogP contribution in [-0.2, 0) is 4.74 Å². The van der Waals surface area contributed by atoms with Gasteiger partial charge in [0, 0.05) is 30.7 Å². The summed E-state index contributed by atoms with van der Waals surface area (Å²) < 4.78 is 5.51. The summed E-state index contributed by atoms with van der Waals surface area (Å²) in [6.07, 6.45) is 5.64. The van der Waals surface area contributed by atoms with Crippen molar-refractivity contribution in [2.24, 2.45) is 0 Å². The zero-order chi connectivity index (χ0) is 17.0. The normalized spacial score (nSPS) is 30.3. The SMILES string of the molecule is CC(CC1CCCN1)NC1CCN(C(=O)OC(C)(C)C)C(C)C1. The molecule has 0 aliphatic carbocycles. The first kappa shape index (κ1) is 18.5. The molecule has 2 aliphatic rings. The zero-order valence-electron chi connectivity index (χ0n) is 15.5. The van der Waals surface area contributed by atoms with E-state index in [9.17, 15) is 4.79 Å². The van der Waals surface area contributed by atoms with Gasteiger partial charge in [0.25, 0.3) is 0 Å². The van der Waals surface area contributed by atoms with Crippen molar-refractivity contribution in [3.63, 3.8) is 0 Å². The molecular formula is C18H35N3O2. The van der Waals surface area contributed by atoms with Crippen LogP contribution in [0.1, 0.15) is 66.7 Å². The maximum Gasteiger partial charge on any atom is 0.410 e. The lowest BCUT2D eigenvalue weighted by Gasteiger charge is -2.39. The average Bonchev–Trinajstić information content (AvgIpc) is 2.89. The van der Waals surface area contributed by atoms with Gasteiger partial charge in [-0.25, -0.2) is 4.79 Å². The Balaban J connectivity index is 1.75. The van der Waals surface area contributed by atoms with E-state index in [0.717, 1.165) is 19.4 Å². The van der Waals surface area contributed by atoms with Gasteiger partial charge < -0.3 is 20.3 Å². The van der Waals surface area contributed by atoms with Crippen molar-refractivity contribution in [3.05, 3.63) is 0 Å². The van der Waals surface area contributed by atoms with Crippen molar-refractivity contribution >= 4 is 6.09 Å². The van der Waals surface area contributed by atoms with Crippen molar-refractivity contribution in [2.45, 2.75) is 96.5 Å². The second-order valence-electron chi connectivity index (χ2n) is 8.34. The van der Waals surface area contributed by atoms with Gasteiger partial charge in [0.15, 0.2) is 0 Å². The highest BCUT2D eigenvalue weighted by molar-refractivity contribution is 5.68. The van der Waals surface area contributed by atoms with E-state index in [0.29, 0.717) is 18.1 Å². The van der Waals surface area contributed by atoms with Gasteiger partial charge in [-0.3, -0.25) is 0 Å². The summed E-state index contributed by atoms with van der Waals surface area (Å²) in [5.74, 6) is 0. The fourth-order valence-electron chi connectivity index (χ4n) is 3.77. The largest absolute Gasteiger partial charge is 0.444 e. The van der Waals surface area contributed by atoms with E-state index in [4.69, 9.17) is 4.74 Å². The Morgan fingerprint density at radius 1 is 1.39 bits per heavy atom. The molecule has 0 aromatic rings. The molecule has 2 rings (SSSR count). The lowest BCUT2D eigenvalue weighted by atomic mass is 9.97. The van der Waals surface area contributed by atoms with Crippen molar-refractivity contribution in [3.8, 4) is 0 Å². The first-order valence-electron chi connectivity index (χ1n) is 9.23. The topological polar surface area (TPSA) is 53.6 Å². The molecule has 0 bridgehead atoms. The number of ether oxygens (including phenoxy) is 1. The molecule has 0 saturated carbocycles. The highest BCUT2D eigenvalue weighted by Crippen LogP contribution is 2.21. The summed E-state index contributed by atoms with van der Waals surface area (Å²) >= 11 is 0. The number of likely N-dealkylation sites (tertiary alicyclic amines) is 1. The molecule has 2 aliphatic heterocycles. The third-order valence-electron chi connectivity index (χ3n) is 4.82. The van der Waals surface area contributed by atoms with Crippen molar-refractivity contribution < 1.29 is 9.53 Å². The minimum Gasteiger partial charge on any atom is -0.444 e. The third kappa shape index (κ3) is 5.96. The van der Waals surface area contributed by atoms with Gasteiger partial charge in [-0.15, -0.1) is 0 Å². The van der Waals surface area contributed by atoms with Crippen molar-refractivity contribution in [2.75, 3.05) is 13.1 Å². The number of rotatable bonds is 4. The maximum atomic E-state index is 12.3. The van der Waals surface area contributed by atoms with Gasteiger partial charge in [0.2, 0.25) is 0 Å². The van der Waals surface area contributed by atoms with Crippen LogP contribution in [0.4, 0.5) is 4.79 Å². The fraction of sp³-hybridized carbons (Fsp3) is 0.944. The molecule has 134 valence electrons. The van der Waals surface area contributed by atoms with Gasteiger partial charge in [-0.1, -0.05) is 0 Å². The van der Waals surface area contributed by atoms with Crippen LogP contribution >= 0.6 is 0 Å². The minimum absolute atomic E-state index is 0.174. The highest BCUT2D eigenvalue weighted by Gasteiger charge is 2.32. The molecular weight excluding hydrogens is 290 g/mol. The molecule has 2 fully saturated rings. The lowest BCUT2D eigenvalue weighted by Crippen LogP contribution is -2.52. The van der Waals surface area contributed by atoms with E-state index >= 15 is 0 Å². The summed E-state index contributed by atoms with van der Waals surface area (Å²) in [7, 11) is 0. The second-order valence-corrected chi connectivity index (χ2v) is 8.34. The molecule has 23 heavy (non-hydrogen) atoms. The van der Waals surface area contributed by atoms with E-state index in [1.807, 2.05) is 25.7 Å². The van der Waals surface area contributed by atoms with Crippen LogP contribution in [0.25, 0.3) is 0 Å². The van der Waals surface area contributed by atoms with Gasteiger partial charge in [-0.2, -0.15) is 0 Å². The Morgan fingerprint density at radius 3 is 2.70 bits per heavy atom. The number of nitrogens with one attached hydrogen (secondary N) is 2. The average molecular weight is 325 g/mol. The van der Waals surface area contributed by atoms with Crippen LogP contribution in [-0.4, -0.2) is 53.9 Å². The molecule has 4 atom stereocenters. The van der Waals surface area contributed by atoms with E-state index in [-0.39, 0.29) is 12.1 Å². The zero-order valence-corrected chi connectivity index (χ0v) is 15.5. The molecule has 0 spiro atoms. The van der Waals surface area contributed by atoms with E-state index in [2.05, 4.69) is 24.5 Å². The Bertz CT molecular complexity index is 388. The summed E-state index contributed by atoms with van der Waals surface area (Å²) in [6.45, 7) is 12.1. The van der Waals surface area contributed by atoms with Crippen LogP contribution in [0.3, 0.4) is 0 Å². The Kier molecular flexibility index (Phi) is 6.32. The standard InChI is InChI=1S/C18H35N3O2/c1-13(11-15-7-6-9-19-15)20-16-8-10-21(14(2)12-16)17(22)23-18(3,4)5/h13-16,19-20H,6-12H2,1-5H3. The minimum atomic E-state index is -0.422. The summed E-state index contributed by atoms with van der Waals surface area (Å²) in [4.78, 5) is 14.1. The van der Waals surface area contributed by atoms with E-state index in [1.54, 1.807) is 0 Å². The molecule has 5 nitrogen and oxygen atoms in total. The Morgan fingerprint density at radius 2 is 2.13 bits per heavy atom. The molecule has 1 amide bonds.